The molecule has 0 N–H and O–H groups in total. The fourth-order valence-electron chi connectivity index (χ4n) is 1.85. The lowest BCUT2D eigenvalue weighted by atomic mass is 10.1. The molecule has 1 aromatic heterocycles. The third-order valence-electron chi connectivity index (χ3n) is 2.97. The molecule has 0 bridgehead atoms. The lowest BCUT2D eigenvalue weighted by Crippen LogP contribution is -1.96. The van der Waals surface area contributed by atoms with Gasteiger partial charge in [0.1, 0.15) is 0 Å². The normalized spacial score (nSPS) is 10.0. The Bertz CT molecular complexity index is 648. The molecule has 0 aliphatic carbocycles. The molecule has 0 spiro atoms. The quantitative estimate of drug-likeness (QED) is 0.597. The van der Waals surface area contributed by atoms with Crippen LogP contribution in [0.4, 0.5) is 0 Å². The zero-order chi connectivity index (χ0) is 15.2. The van der Waals surface area contributed by atoms with Crippen LogP contribution in [0.25, 0.3) is 0 Å². The van der Waals surface area contributed by atoms with E-state index in [4.69, 9.17) is 9.47 Å². The molecule has 4 nitrogen and oxygen atoms in total. The van der Waals surface area contributed by atoms with Gasteiger partial charge >= 0.3 is 0 Å². The van der Waals surface area contributed by atoms with Crippen LogP contribution in [-0.2, 0) is 6.42 Å². The van der Waals surface area contributed by atoms with Crippen molar-refractivity contribution in [1.82, 2.24) is 4.98 Å². The van der Waals surface area contributed by atoms with E-state index in [1.807, 2.05) is 24.3 Å². The number of hydrogen-bond donors (Lipinski definition) is 0. The Hall–Kier alpha value is -2.62. The van der Waals surface area contributed by atoms with Gasteiger partial charge in [0, 0.05) is 17.8 Å². The van der Waals surface area contributed by atoms with Crippen LogP contribution >= 0.6 is 0 Å². The van der Waals surface area contributed by atoms with Gasteiger partial charge in [0.15, 0.2) is 17.3 Å². The molecule has 0 atom stereocenters. The molecule has 0 unspecified atom stereocenters. The van der Waals surface area contributed by atoms with Crippen LogP contribution in [0.5, 0.6) is 17.4 Å². The van der Waals surface area contributed by atoms with Crippen molar-refractivity contribution in [2.45, 2.75) is 13.3 Å². The van der Waals surface area contributed by atoms with Crippen molar-refractivity contribution in [3.63, 3.8) is 0 Å². The van der Waals surface area contributed by atoms with Crippen molar-refractivity contribution in [2.75, 3.05) is 7.11 Å². The molecule has 2 rings (SSSR count). The van der Waals surface area contributed by atoms with Crippen molar-refractivity contribution in [3.05, 3.63) is 60.3 Å². The number of Topliss-reactive ketones (excluding diaryl/α,β-unsaturated/α-hetero) is 1. The first-order chi connectivity index (χ1) is 10.1. The van der Waals surface area contributed by atoms with Crippen LogP contribution < -0.4 is 9.47 Å². The Balaban J connectivity index is 2.22. The second-order valence-electron chi connectivity index (χ2n) is 4.52. The maximum atomic E-state index is 11.2. The smallest absolute Gasteiger partial charge is 0.219 e. The van der Waals surface area contributed by atoms with Crippen LogP contribution in [0.2, 0.25) is 0 Å². The summed E-state index contributed by atoms with van der Waals surface area (Å²) in [6, 6.07) is 9.03. The molecule has 0 saturated heterocycles. The summed E-state index contributed by atoms with van der Waals surface area (Å²) in [6.45, 7) is 5.21. The second-order valence-corrected chi connectivity index (χ2v) is 4.52. The molecule has 0 saturated carbocycles. The van der Waals surface area contributed by atoms with Gasteiger partial charge in [0.25, 0.3) is 0 Å². The van der Waals surface area contributed by atoms with Gasteiger partial charge in [-0.3, -0.25) is 4.79 Å². The number of allylic oxidation sites excluding steroid dienone is 1. The number of nitrogens with zero attached hydrogens (tertiary/aromatic N) is 1. The van der Waals surface area contributed by atoms with E-state index in [1.165, 1.54) is 13.1 Å². The summed E-state index contributed by atoms with van der Waals surface area (Å²) >= 11 is 0. The van der Waals surface area contributed by atoms with Crippen molar-refractivity contribution in [2.24, 2.45) is 0 Å². The highest BCUT2D eigenvalue weighted by atomic mass is 16.5. The van der Waals surface area contributed by atoms with Gasteiger partial charge in [-0.15, -0.1) is 6.58 Å². The summed E-state index contributed by atoms with van der Waals surface area (Å²) in [7, 11) is 1.59. The predicted molar refractivity (Wildman–Crippen MR) is 81.2 cm³/mol. The predicted octanol–water partition coefficient (Wildman–Crippen LogP) is 3.81. The minimum absolute atomic E-state index is 0.0274. The molecule has 108 valence electrons. The van der Waals surface area contributed by atoms with Crippen LogP contribution in [0.3, 0.4) is 0 Å². The van der Waals surface area contributed by atoms with E-state index in [0.717, 1.165) is 12.0 Å². The van der Waals surface area contributed by atoms with E-state index in [0.29, 0.717) is 22.9 Å². The number of ketones is 1. The Morgan fingerprint density at radius 3 is 2.67 bits per heavy atom. The summed E-state index contributed by atoms with van der Waals surface area (Å²) in [4.78, 5) is 15.3. The standard InChI is InChI=1S/C17H17NO3/c1-4-5-13-6-8-15(16(10-13)20-3)21-17-9-7-14(11-18-17)12(2)19/h4,6-11H,1,5H2,2-3H3. The Kier molecular flexibility index (Phi) is 4.72. The van der Waals surface area contributed by atoms with Crippen molar-refractivity contribution >= 4 is 5.78 Å². The zero-order valence-electron chi connectivity index (χ0n) is 12.1. The highest BCUT2D eigenvalue weighted by Gasteiger charge is 2.08. The summed E-state index contributed by atoms with van der Waals surface area (Å²) in [5.74, 6) is 1.59. The minimum Gasteiger partial charge on any atom is -0.493 e. The maximum absolute atomic E-state index is 11.2. The van der Waals surface area contributed by atoms with Crippen LogP contribution in [0.15, 0.2) is 49.2 Å². The van der Waals surface area contributed by atoms with E-state index in [-0.39, 0.29) is 5.78 Å². The summed E-state index contributed by atoms with van der Waals surface area (Å²) in [5, 5.41) is 0. The van der Waals surface area contributed by atoms with E-state index < -0.39 is 0 Å². The molecule has 21 heavy (non-hydrogen) atoms. The van der Waals surface area contributed by atoms with E-state index >= 15 is 0 Å². The Morgan fingerprint density at radius 1 is 1.29 bits per heavy atom. The average molecular weight is 283 g/mol. The fourth-order valence-corrected chi connectivity index (χ4v) is 1.85. The summed E-state index contributed by atoms with van der Waals surface area (Å²) < 4.78 is 11.0. The largest absolute Gasteiger partial charge is 0.493 e. The van der Waals surface area contributed by atoms with E-state index in [9.17, 15) is 4.79 Å². The SMILES string of the molecule is C=CCc1ccc(Oc2ccc(C(C)=O)cn2)c(OC)c1. The van der Waals surface area contributed by atoms with Crippen molar-refractivity contribution in [1.29, 1.82) is 0 Å². The second kappa shape index (κ2) is 6.70. The lowest BCUT2D eigenvalue weighted by Gasteiger charge is -2.11. The number of carbonyl (C=O) groups excluding carboxylic acids is 1. The molecular formula is C17H17NO3. The van der Waals surface area contributed by atoms with Gasteiger partial charge < -0.3 is 9.47 Å². The molecule has 1 heterocycles. The molecule has 1 aromatic carbocycles. The Labute approximate surface area is 124 Å². The monoisotopic (exact) mass is 283 g/mol. The van der Waals surface area contributed by atoms with E-state index in [1.54, 1.807) is 19.2 Å². The van der Waals surface area contributed by atoms with Gasteiger partial charge in [-0.1, -0.05) is 12.1 Å². The molecule has 0 aliphatic rings. The third kappa shape index (κ3) is 3.69. The molecule has 0 aliphatic heterocycles. The fraction of sp³-hybridized carbons (Fsp3) is 0.176. The lowest BCUT2D eigenvalue weighted by molar-refractivity contribution is 0.101. The minimum atomic E-state index is -0.0274. The number of hydrogen-bond acceptors (Lipinski definition) is 4. The molecule has 0 fully saturated rings. The van der Waals surface area contributed by atoms with Crippen LogP contribution in [0.1, 0.15) is 22.8 Å². The molecule has 2 aromatic rings. The van der Waals surface area contributed by atoms with Crippen LogP contribution in [-0.4, -0.2) is 17.9 Å². The highest BCUT2D eigenvalue weighted by Crippen LogP contribution is 2.31. The first-order valence-corrected chi connectivity index (χ1v) is 6.56. The van der Waals surface area contributed by atoms with Crippen molar-refractivity contribution < 1.29 is 14.3 Å². The molecule has 0 radical (unpaired) electrons. The maximum Gasteiger partial charge on any atom is 0.219 e. The number of carbonyl (C=O) groups is 1. The molecule has 0 amide bonds. The highest BCUT2D eigenvalue weighted by molar-refractivity contribution is 5.93. The first-order valence-electron chi connectivity index (χ1n) is 6.56. The van der Waals surface area contributed by atoms with Gasteiger partial charge in [-0.25, -0.2) is 4.98 Å². The number of methoxy groups -OCH3 is 1. The first kappa shape index (κ1) is 14.8. The molecular weight excluding hydrogens is 266 g/mol. The number of benzene rings is 1. The topological polar surface area (TPSA) is 48.4 Å². The summed E-state index contributed by atoms with van der Waals surface area (Å²) in [6.07, 6.45) is 4.09. The summed E-state index contributed by atoms with van der Waals surface area (Å²) in [5.41, 5.74) is 1.64. The van der Waals surface area contributed by atoms with Gasteiger partial charge in [-0.05, 0) is 37.1 Å². The van der Waals surface area contributed by atoms with Gasteiger partial charge in [-0.2, -0.15) is 0 Å². The van der Waals surface area contributed by atoms with Crippen LogP contribution in [0, 0.1) is 0 Å². The van der Waals surface area contributed by atoms with Crippen molar-refractivity contribution in [3.8, 4) is 17.4 Å². The number of pyridine rings is 1. The third-order valence-corrected chi connectivity index (χ3v) is 2.97. The number of ether oxygens (including phenoxy) is 2. The van der Waals surface area contributed by atoms with Gasteiger partial charge in [0.05, 0.1) is 7.11 Å². The number of aromatic nitrogens is 1. The van der Waals surface area contributed by atoms with E-state index in [2.05, 4.69) is 11.6 Å². The van der Waals surface area contributed by atoms with Gasteiger partial charge in [0.2, 0.25) is 5.88 Å². The average Bonchev–Trinajstić information content (AvgIpc) is 2.49. The number of rotatable bonds is 6. The molecule has 4 heteroatoms. The zero-order valence-corrected chi connectivity index (χ0v) is 12.1. The Morgan fingerprint density at radius 2 is 2.10 bits per heavy atom.